The van der Waals surface area contributed by atoms with Gasteiger partial charge in [-0.25, -0.2) is 4.39 Å². The van der Waals surface area contributed by atoms with Crippen molar-refractivity contribution >= 4 is 5.91 Å². The number of amides is 1. The molecule has 1 aliphatic heterocycles. The van der Waals surface area contributed by atoms with Crippen molar-refractivity contribution < 1.29 is 9.18 Å². The van der Waals surface area contributed by atoms with Gasteiger partial charge in [-0.15, -0.1) is 6.58 Å². The summed E-state index contributed by atoms with van der Waals surface area (Å²) in [7, 11) is 0. The average Bonchev–Trinajstić information content (AvgIpc) is 3.35. The third kappa shape index (κ3) is 3.87. The van der Waals surface area contributed by atoms with E-state index in [0.29, 0.717) is 18.8 Å². The van der Waals surface area contributed by atoms with Crippen molar-refractivity contribution in [2.75, 3.05) is 13.1 Å². The molecule has 1 aliphatic carbocycles. The zero-order valence-electron chi connectivity index (χ0n) is 16.2. The maximum absolute atomic E-state index is 13.4. The molecule has 0 saturated carbocycles. The Bertz CT molecular complexity index is 869. The number of nitrogens with zero attached hydrogens (tertiary/aromatic N) is 3. The molecule has 1 atom stereocenters. The van der Waals surface area contributed by atoms with Gasteiger partial charge < -0.3 is 10.2 Å². The summed E-state index contributed by atoms with van der Waals surface area (Å²) in [4.78, 5) is 14.9. The number of likely N-dealkylation sites (tertiary alicyclic amines) is 1. The number of hydrogen-bond acceptors (Lipinski definition) is 3. The molecule has 2 aliphatic rings. The van der Waals surface area contributed by atoms with E-state index < -0.39 is 0 Å². The number of carbonyl (C=O) groups excluding carboxylic acids is 1. The monoisotopic (exact) mass is 382 g/mol. The topological polar surface area (TPSA) is 50.2 Å². The van der Waals surface area contributed by atoms with E-state index in [0.717, 1.165) is 62.0 Å². The van der Waals surface area contributed by atoms with Crippen molar-refractivity contribution in [1.29, 1.82) is 0 Å². The first kappa shape index (κ1) is 18.9. The van der Waals surface area contributed by atoms with E-state index >= 15 is 0 Å². The van der Waals surface area contributed by atoms with Crippen LogP contribution in [0.3, 0.4) is 0 Å². The summed E-state index contributed by atoms with van der Waals surface area (Å²) in [5, 5.41) is 8.20. The summed E-state index contributed by atoms with van der Waals surface area (Å²) in [5.41, 5.74) is 3.77. The first-order valence-electron chi connectivity index (χ1n) is 10.1. The fraction of sp³-hybridized carbons (Fsp3) is 0.455. The van der Waals surface area contributed by atoms with Crippen molar-refractivity contribution in [2.24, 2.45) is 0 Å². The van der Waals surface area contributed by atoms with E-state index in [1.165, 1.54) is 6.07 Å². The zero-order valence-corrected chi connectivity index (χ0v) is 16.2. The third-order valence-electron chi connectivity index (χ3n) is 5.73. The van der Waals surface area contributed by atoms with Gasteiger partial charge in [-0.1, -0.05) is 18.2 Å². The molecule has 2 aromatic rings. The van der Waals surface area contributed by atoms with Crippen LogP contribution in [-0.4, -0.2) is 39.7 Å². The molecule has 0 bridgehead atoms. The van der Waals surface area contributed by atoms with Crippen molar-refractivity contribution in [3.8, 4) is 0 Å². The van der Waals surface area contributed by atoms with Gasteiger partial charge in [0.15, 0.2) is 5.69 Å². The highest BCUT2D eigenvalue weighted by Crippen LogP contribution is 2.27. The number of rotatable bonds is 6. The smallest absolute Gasteiger partial charge is 0.274 e. The summed E-state index contributed by atoms with van der Waals surface area (Å²) in [6.45, 7) is 6.71. The lowest BCUT2D eigenvalue weighted by atomic mass is 9.91. The minimum atomic E-state index is -0.213. The Morgan fingerprint density at radius 1 is 1.36 bits per heavy atom. The first-order valence-corrected chi connectivity index (χ1v) is 10.1. The molecule has 28 heavy (non-hydrogen) atoms. The summed E-state index contributed by atoms with van der Waals surface area (Å²) >= 11 is 0. The molecule has 0 radical (unpaired) electrons. The van der Waals surface area contributed by atoms with Crippen LogP contribution in [0.25, 0.3) is 0 Å². The van der Waals surface area contributed by atoms with Crippen LogP contribution in [0.4, 0.5) is 4.39 Å². The van der Waals surface area contributed by atoms with E-state index in [2.05, 4.69) is 17.0 Å². The number of allylic oxidation sites excluding steroid dienone is 1. The minimum absolute atomic E-state index is 0.0577. The maximum atomic E-state index is 13.4. The number of carbonyl (C=O) groups is 1. The Kier molecular flexibility index (Phi) is 5.57. The predicted molar refractivity (Wildman–Crippen MR) is 107 cm³/mol. The fourth-order valence-electron chi connectivity index (χ4n) is 4.29. The number of aromatic nitrogens is 2. The van der Waals surface area contributed by atoms with Gasteiger partial charge in [0.25, 0.3) is 5.91 Å². The number of fused-ring (bicyclic) bond motifs is 1. The lowest BCUT2D eigenvalue weighted by molar-refractivity contribution is 0.0785. The van der Waals surface area contributed by atoms with E-state index in [1.807, 2.05) is 21.7 Å². The van der Waals surface area contributed by atoms with Crippen LogP contribution in [0.15, 0.2) is 36.9 Å². The molecular weight excluding hydrogens is 355 g/mol. The summed E-state index contributed by atoms with van der Waals surface area (Å²) in [5.74, 6) is -0.156. The predicted octanol–water partition coefficient (Wildman–Crippen LogP) is 3.09. The molecule has 6 heteroatoms. The summed E-state index contributed by atoms with van der Waals surface area (Å²) in [6, 6.07) is 6.93. The standard InChI is InChI=1S/C22H27FN4O/c1-2-10-27-20-9-8-18(24-15-16-6-5-7-17(23)13-16)14-19(20)21(25-27)22(28)26-11-3-4-12-26/h2,5-7,13,18,24H,1,3-4,8-12,14-15H2. The van der Waals surface area contributed by atoms with Crippen LogP contribution < -0.4 is 5.32 Å². The van der Waals surface area contributed by atoms with Crippen molar-refractivity contribution in [3.05, 3.63) is 65.3 Å². The number of nitrogens with one attached hydrogen (secondary N) is 1. The lowest BCUT2D eigenvalue weighted by Crippen LogP contribution is -2.35. The molecule has 1 amide bonds. The third-order valence-corrected chi connectivity index (χ3v) is 5.73. The van der Waals surface area contributed by atoms with Gasteiger partial charge in [0.05, 0.1) is 6.54 Å². The van der Waals surface area contributed by atoms with Gasteiger partial charge in [-0.2, -0.15) is 5.10 Å². The van der Waals surface area contributed by atoms with Crippen LogP contribution in [0.1, 0.15) is 46.6 Å². The molecule has 5 nitrogen and oxygen atoms in total. The number of benzene rings is 1. The Morgan fingerprint density at radius 2 is 2.18 bits per heavy atom. The van der Waals surface area contributed by atoms with Gasteiger partial charge >= 0.3 is 0 Å². The fourth-order valence-corrected chi connectivity index (χ4v) is 4.29. The van der Waals surface area contributed by atoms with Crippen molar-refractivity contribution in [1.82, 2.24) is 20.0 Å². The SMILES string of the molecule is C=CCn1nc(C(=O)N2CCCC2)c2c1CCC(NCc1cccc(F)c1)C2. The van der Waals surface area contributed by atoms with Gasteiger partial charge in [-0.05, 0) is 49.8 Å². The Balaban J connectivity index is 1.52. The molecule has 1 N–H and O–H groups in total. The second kappa shape index (κ2) is 8.27. The van der Waals surface area contributed by atoms with Crippen molar-refractivity contribution in [3.63, 3.8) is 0 Å². The van der Waals surface area contributed by atoms with E-state index in [-0.39, 0.29) is 17.8 Å². The average molecular weight is 382 g/mol. The highest BCUT2D eigenvalue weighted by atomic mass is 19.1. The molecular formula is C22H27FN4O. The van der Waals surface area contributed by atoms with Gasteiger partial charge in [0, 0.05) is 36.9 Å². The van der Waals surface area contributed by atoms with Gasteiger partial charge in [0.2, 0.25) is 0 Å². The largest absolute Gasteiger partial charge is 0.337 e. The maximum Gasteiger partial charge on any atom is 0.274 e. The van der Waals surface area contributed by atoms with Crippen LogP contribution in [0.2, 0.25) is 0 Å². The van der Waals surface area contributed by atoms with Crippen LogP contribution >= 0.6 is 0 Å². The summed E-state index contributed by atoms with van der Waals surface area (Å²) in [6.07, 6.45) is 6.59. The molecule has 148 valence electrons. The second-order valence-electron chi connectivity index (χ2n) is 7.69. The molecule has 1 saturated heterocycles. The van der Waals surface area contributed by atoms with E-state index in [4.69, 9.17) is 0 Å². The van der Waals surface area contributed by atoms with E-state index in [9.17, 15) is 9.18 Å². The molecule has 1 aromatic heterocycles. The van der Waals surface area contributed by atoms with Crippen LogP contribution in [0, 0.1) is 5.82 Å². The molecule has 4 rings (SSSR count). The number of hydrogen-bond donors (Lipinski definition) is 1. The minimum Gasteiger partial charge on any atom is -0.337 e. The summed E-state index contributed by atoms with van der Waals surface area (Å²) < 4.78 is 15.3. The molecule has 1 unspecified atom stereocenters. The lowest BCUT2D eigenvalue weighted by Gasteiger charge is -2.25. The molecule has 0 spiro atoms. The number of halogens is 1. The molecule has 1 aromatic carbocycles. The second-order valence-corrected chi connectivity index (χ2v) is 7.69. The quantitative estimate of drug-likeness (QED) is 0.781. The Hall–Kier alpha value is -2.47. The normalized spacial score (nSPS) is 18.9. The zero-order chi connectivity index (χ0) is 19.5. The van der Waals surface area contributed by atoms with Gasteiger partial charge in [-0.3, -0.25) is 9.48 Å². The van der Waals surface area contributed by atoms with Crippen molar-refractivity contribution in [2.45, 2.75) is 51.2 Å². The van der Waals surface area contributed by atoms with Crippen LogP contribution in [-0.2, 0) is 25.9 Å². The van der Waals surface area contributed by atoms with E-state index in [1.54, 1.807) is 12.1 Å². The molecule has 1 fully saturated rings. The highest BCUT2D eigenvalue weighted by molar-refractivity contribution is 5.94. The Morgan fingerprint density at radius 3 is 2.93 bits per heavy atom. The first-order chi connectivity index (χ1) is 13.7. The van der Waals surface area contributed by atoms with Crippen LogP contribution in [0.5, 0.6) is 0 Å². The highest BCUT2D eigenvalue weighted by Gasteiger charge is 2.31. The Labute approximate surface area is 165 Å². The molecule has 2 heterocycles. The van der Waals surface area contributed by atoms with Gasteiger partial charge in [0.1, 0.15) is 5.82 Å².